The van der Waals surface area contributed by atoms with E-state index in [0.29, 0.717) is 46.8 Å². The number of hydrogen-bond acceptors (Lipinski definition) is 6. The Labute approximate surface area is 244 Å². The number of nitrogens with zero attached hydrogens (tertiary/aromatic N) is 3. The van der Waals surface area contributed by atoms with Crippen LogP contribution in [-0.2, 0) is 13.6 Å². The molecule has 42 heavy (non-hydrogen) atoms. The summed E-state index contributed by atoms with van der Waals surface area (Å²) >= 11 is 0. The highest BCUT2D eigenvalue weighted by Gasteiger charge is 2.33. The Morgan fingerprint density at radius 1 is 1.10 bits per heavy atom. The summed E-state index contributed by atoms with van der Waals surface area (Å²) in [5, 5.41) is 6.35. The summed E-state index contributed by atoms with van der Waals surface area (Å²) in [7, 11) is 3.17. The maximum absolute atomic E-state index is 13.6. The van der Waals surface area contributed by atoms with Crippen molar-refractivity contribution in [2.75, 3.05) is 25.5 Å². The highest BCUT2D eigenvalue weighted by molar-refractivity contribution is 6.05. The number of methoxy groups -OCH3 is 1. The molecule has 0 radical (unpaired) electrons. The third-order valence-electron chi connectivity index (χ3n) is 8.42. The van der Waals surface area contributed by atoms with Gasteiger partial charge in [0, 0.05) is 37.4 Å². The van der Waals surface area contributed by atoms with Crippen LogP contribution in [0.1, 0.15) is 70.5 Å². The molecular formula is C32H36FN5O4. The van der Waals surface area contributed by atoms with Crippen molar-refractivity contribution in [1.82, 2.24) is 19.8 Å². The lowest BCUT2D eigenvalue weighted by Crippen LogP contribution is -2.51. The van der Waals surface area contributed by atoms with Crippen molar-refractivity contribution in [1.29, 1.82) is 0 Å². The largest absolute Gasteiger partial charge is 0.497 e. The van der Waals surface area contributed by atoms with Crippen molar-refractivity contribution >= 4 is 17.6 Å². The zero-order valence-electron chi connectivity index (χ0n) is 24.2. The first kappa shape index (κ1) is 28.1. The Morgan fingerprint density at radius 3 is 2.52 bits per heavy atom. The van der Waals surface area contributed by atoms with Gasteiger partial charge >= 0.3 is 0 Å². The van der Waals surface area contributed by atoms with E-state index in [2.05, 4.69) is 17.6 Å². The Hall–Kier alpha value is -4.05. The SMILES string of the molecule is COc1ccc(-c2cc(NC(=O)c3cc(CN[C@@H](C)C4CC4)cn(C)c3=O)nc(C3CC3)c2)c(C(=O)N2CC(F)C2)c1. The summed E-state index contributed by atoms with van der Waals surface area (Å²) in [5.74, 6) is 0.942. The summed E-state index contributed by atoms with van der Waals surface area (Å²) in [6.07, 6.45) is 5.16. The number of benzene rings is 1. The van der Waals surface area contributed by atoms with Gasteiger partial charge in [-0.3, -0.25) is 14.4 Å². The van der Waals surface area contributed by atoms with Gasteiger partial charge in [-0.1, -0.05) is 0 Å². The molecule has 6 rings (SSSR count). The first-order valence-electron chi connectivity index (χ1n) is 14.6. The summed E-state index contributed by atoms with van der Waals surface area (Å²) < 4.78 is 20.4. The predicted octanol–water partition coefficient (Wildman–Crippen LogP) is 4.27. The average molecular weight is 574 g/mol. The summed E-state index contributed by atoms with van der Waals surface area (Å²) in [4.78, 5) is 45.9. The monoisotopic (exact) mass is 573 g/mol. The number of likely N-dealkylation sites (tertiary alicyclic amines) is 1. The zero-order chi connectivity index (χ0) is 29.5. The van der Waals surface area contributed by atoms with Gasteiger partial charge in [0.2, 0.25) is 0 Å². The molecule has 3 aliphatic rings. The summed E-state index contributed by atoms with van der Waals surface area (Å²) in [6.45, 7) is 2.83. The first-order valence-corrected chi connectivity index (χ1v) is 14.6. The van der Waals surface area contributed by atoms with Gasteiger partial charge in [0.1, 0.15) is 23.3 Å². The number of pyridine rings is 2. The van der Waals surface area contributed by atoms with E-state index in [1.807, 2.05) is 6.07 Å². The normalized spacial score (nSPS) is 17.5. The number of hydrogen-bond donors (Lipinski definition) is 2. The van der Waals surface area contributed by atoms with Gasteiger partial charge in [0.25, 0.3) is 17.4 Å². The Balaban J connectivity index is 1.30. The molecule has 0 bridgehead atoms. The zero-order valence-corrected chi connectivity index (χ0v) is 24.2. The van der Waals surface area contributed by atoms with Crippen LogP contribution in [0.3, 0.4) is 0 Å². The number of ether oxygens (including phenoxy) is 1. The molecule has 2 saturated carbocycles. The van der Waals surface area contributed by atoms with Gasteiger partial charge in [0.05, 0.1) is 25.8 Å². The Kier molecular flexibility index (Phi) is 7.57. The lowest BCUT2D eigenvalue weighted by atomic mass is 9.96. The van der Waals surface area contributed by atoms with E-state index in [9.17, 15) is 18.8 Å². The van der Waals surface area contributed by atoms with Crippen LogP contribution in [0.2, 0.25) is 0 Å². The maximum Gasteiger partial charge on any atom is 0.263 e. The molecule has 10 heteroatoms. The van der Waals surface area contributed by atoms with Crippen molar-refractivity contribution in [3.05, 3.63) is 75.3 Å². The van der Waals surface area contributed by atoms with E-state index in [0.717, 1.165) is 24.1 Å². The molecule has 220 valence electrons. The molecule has 3 aromatic rings. The number of carbonyl (C=O) groups excluding carboxylic acids is 2. The third kappa shape index (κ3) is 5.94. The molecule has 1 saturated heterocycles. The number of nitrogens with one attached hydrogen (secondary N) is 2. The first-order chi connectivity index (χ1) is 20.2. The molecule has 3 heterocycles. The molecule has 2 amide bonds. The number of aromatic nitrogens is 2. The van der Waals surface area contributed by atoms with Crippen LogP contribution < -0.4 is 20.9 Å². The van der Waals surface area contributed by atoms with E-state index in [1.165, 1.54) is 29.4 Å². The van der Waals surface area contributed by atoms with Crippen LogP contribution in [0.5, 0.6) is 5.75 Å². The fourth-order valence-electron chi connectivity index (χ4n) is 5.47. The number of amides is 2. The van der Waals surface area contributed by atoms with Crippen LogP contribution in [0.15, 0.2) is 47.4 Å². The minimum Gasteiger partial charge on any atom is -0.497 e. The van der Waals surface area contributed by atoms with Gasteiger partial charge in [-0.15, -0.1) is 0 Å². The molecular weight excluding hydrogens is 537 g/mol. The van der Waals surface area contributed by atoms with E-state index < -0.39 is 17.6 Å². The second-order valence-corrected chi connectivity index (χ2v) is 11.8. The molecule has 1 atom stereocenters. The maximum atomic E-state index is 13.6. The van der Waals surface area contributed by atoms with Gasteiger partial charge in [-0.25, -0.2) is 9.37 Å². The van der Waals surface area contributed by atoms with Crippen molar-refractivity contribution in [2.24, 2.45) is 13.0 Å². The standard InChI is InChI=1S/C32H36FN5O4/c1-18(20-4-5-20)34-14-19-10-27(31(40)37(2)15-19)30(39)36-29-12-22(11-28(35-29)21-6-7-21)25-9-8-24(42-3)13-26(25)32(41)38-16-23(33)17-38/h8-13,15,18,20-21,23,34H,4-7,14,16-17H2,1-3H3,(H,35,36,39)/t18-/m0/s1. The summed E-state index contributed by atoms with van der Waals surface area (Å²) in [6, 6.07) is 10.9. The van der Waals surface area contributed by atoms with Crippen LogP contribution in [0, 0.1) is 5.92 Å². The molecule has 0 spiro atoms. The van der Waals surface area contributed by atoms with E-state index >= 15 is 0 Å². The fraction of sp³-hybridized carbons (Fsp3) is 0.438. The number of aryl methyl sites for hydroxylation is 1. The molecule has 1 aliphatic heterocycles. The molecule has 2 aromatic heterocycles. The topological polar surface area (TPSA) is 106 Å². The van der Waals surface area contributed by atoms with Crippen molar-refractivity contribution < 1.29 is 18.7 Å². The lowest BCUT2D eigenvalue weighted by molar-refractivity contribution is 0.0400. The average Bonchev–Trinajstić information content (AvgIpc) is 3.88. The van der Waals surface area contributed by atoms with Gasteiger partial charge in [0.15, 0.2) is 0 Å². The van der Waals surface area contributed by atoms with Crippen molar-refractivity contribution in [3.63, 3.8) is 0 Å². The molecule has 9 nitrogen and oxygen atoms in total. The van der Waals surface area contributed by atoms with Gasteiger partial charge in [-0.05, 0) is 91.6 Å². The molecule has 2 N–H and O–H groups in total. The highest BCUT2D eigenvalue weighted by atomic mass is 19.1. The molecule has 2 aliphatic carbocycles. The predicted molar refractivity (Wildman–Crippen MR) is 158 cm³/mol. The van der Waals surface area contributed by atoms with E-state index in [-0.39, 0.29) is 30.5 Å². The number of rotatable bonds is 10. The van der Waals surface area contributed by atoms with Crippen LogP contribution >= 0.6 is 0 Å². The quantitative estimate of drug-likeness (QED) is 0.376. The fourth-order valence-corrected chi connectivity index (χ4v) is 5.47. The lowest BCUT2D eigenvalue weighted by Gasteiger charge is -2.34. The third-order valence-corrected chi connectivity index (χ3v) is 8.42. The Bertz CT molecular complexity index is 1590. The van der Waals surface area contributed by atoms with Crippen LogP contribution in [0.25, 0.3) is 11.1 Å². The number of carbonyl (C=O) groups is 2. The van der Waals surface area contributed by atoms with Crippen LogP contribution in [0.4, 0.5) is 10.2 Å². The molecule has 0 unspecified atom stereocenters. The van der Waals surface area contributed by atoms with Crippen molar-refractivity contribution in [3.8, 4) is 16.9 Å². The molecule has 3 fully saturated rings. The molecule has 1 aromatic carbocycles. The minimum absolute atomic E-state index is 0.0370. The minimum atomic E-state index is -1.02. The van der Waals surface area contributed by atoms with E-state index in [1.54, 1.807) is 43.6 Å². The number of anilines is 1. The second-order valence-electron chi connectivity index (χ2n) is 11.8. The van der Waals surface area contributed by atoms with Gasteiger partial charge in [-0.2, -0.15) is 0 Å². The number of alkyl halides is 1. The number of halogens is 1. The van der Waals surface area contributed by atoms with Crippen LogP contribution in [-0.4, -0.2) is 58.7 Å². The van der Waals surface area contributed by atoms with E-state index in [4.69, 9.17) is 9.72 Å². The van der Waals surface area contributed by atoms with Gasteiger partial charge < -0.3 is 24.8 Å². The Morgan fingerprint density at radius 2 is 1.86 bits per heavy atom. The highest BCUT2D eigenvalue weighted by Crippen LogP contribution is 2.41. The summed E-state index contributed by atoms with van der Waals surface area (Å²) in [5.41, 5.74) is 3.02. The second kappa shape index (κ2) is 11.3. The van der Waals surface area contributed by atoms with Crippen molar-refractivity contribution in [2.45, 2.75) is 57.3 Å². The smallest absolute Gasteiger partial charge is 0.263 e.